The summed E-state index contributed by atoms with van der Waals surface area (Å²) in [6.45, 7) is 1.27. The first-order chi connectivity index (χ1) is 10.7. The minimum atomic E-state index is -0.250. The summed E-state index contributed by atoms with van der Waals surface area (Å²) in [6.07, 6.45) is -0.166. The van der Waals surface area contributed by atoms with Crippen LogP contribution >= 0.6 is 35.3 Å². The molecule has 0 amide bonds. The van der Waals surface area contributed by atoms with E-state index in [0.29, 0.717) is 12.5 Å². The lowest BCUT2D eigenvalue weighted by Gasteiger charge is -2.18. The Balaban J connectivity index is 0.00000264. The van der Waals surface area contributed by atoms with E-state index in [0.717, 1.165) is 12.1 Å². The smallest absolute Gasteiger partial charge is 0.191 e. The summed E-state index contributed by atoms with van der Waals surface area (Å²) in [4.78, 5) is 4.18. The summed E-state index contributed by atoms with van der Waals surface area (Å²) in [5.74, 6) is 0.454. The van der Waals surface area contributed by atoms with Crippen LogP contribution in [0.25, 0.3) is 0 Å². The van der Waals surface area contributed by atoms with Crippen molar-refractivity contribution in [3.05, 3.63) is 58.0 Å². The number of rotatable bonds is 6. The van der Waals surface area contributed by atoms with E-state index in [1.165, 1.54) is 17.7 Å². The van der Waals surface area contributed by atoms with Crippen molar-refractivity contribution in [1.29, 1.82) is 0 Å². The Morgan fingerprint density at radius 1 is 1.26 bits per heavy atom. The topological polar surface area (TPSA) is 45.7 Å². The Kier molecular flexibility index (Phi) is 9.12. The number of methoxy groups -OCH3 is 1. The molecule has 4 nitrogen and oxygen atoms in total. The minimum Gasteiger partial charge on any atom is -0.375 e. The third kappa shape index (κ3) is 6.44. The number of benzene rings is 1. The highest BCUT2D eigenvalue weighted by Crippen LogP contribution is 2.16. The van der Waals surface area contributed by atoms with Gasteiger partial charge in [-0.15, -0.1) is 24.0 Å². The number of ether oxygens (including phenoxy) is 1. The van der Waals surface area contributed by atoms with Crippen LogP contribution in [0.15, 0.2) is 46.1 Å². The van der Waals surface area contributed by atoms with Crippen LogP contribution in [0, 0.1) is 5.82 Å². The molecule has 2 rings (SSSR count). The third-order valence-corrected chi connectivity index (χ3v) is 3.98. The molecule has 2 aromatic rings. The second kappa shape index (κ2) is 10.6. The molecule has 0 aliphatic heterocycles. The first-order valence-corrected chi connectivity index (χ1v) is 7.91. The van der Waals surface area contributed by atoms with Crippen molar-refractivity contribution >= 4 is 41.3 Å². The average Bonchev–Trinajstić information content (AvgIpc) is 3.05. The van der Waals surface area contributed by atoms with Gasteiger partial charge in [0.25, 0.3) is 0 Å². The molecule has 0 bridgehead atoms. The number of hydrogen-bond donors (Lipinski definition) is 2. The van der Waals surface area contributed by atoms with E-state index in [9.17, 15) is 4.39 Å². The van der Waals surface area contributed by atoms with E-state index >= 15 is 0 Å². The monoisotopic (exact) mass is 449 g/mol. The van der Waals surface area contributed by atoms with Crippen LogP contribution in [0.1, 0.15) is 17.2 Å². The second-order valence-electron chi connectivity index (χ2n) is 4.71. The molecule has 0 radical (unpaired) electrons. The maximum atomic E-state index is 13.0. The zero-order chi connectivity index (χ0) is 15.8. The predicted octanol–water partition coefficient (Wildman–Crippen LogP) is 3.56. The van der Waals surface area contributed by atoms with E-state index in [1.807, 2.05) is 5.38 Å². The largest absolute Gasteiger partial charge is 0.375 e. The average molecular weight is 449 g/mol. The van der Waals surface area contributed by atoms with Gasteiger partial charge in [0.15, 0.2) is 5.96 Å². The van der Waals surface area contributed by atoms with Crippen molar-refractivity contribution in [3.8, 4) is 0 Å². The lowest BCUT2D eigenvalue weighted by atomic mass is 10.1. The molecule has 0 aliphatic carbocycles. The number of hydrogen-bond acceptors (Lipinski definition) is 3. The molecule has 0 saturated heterocycles. The van der Waals surface area contributed by atoms with Gasteiger partial charge in [0, 0.05) is 27.2 Å². The number of aliphatic imine (C=N–C) groups is 1. The maximum Gasteiger partial charge on any atom is 0.191 e. The Hall–Kier alpha value is -1.19. The number of nitrogens with zero attached hydrogens (tertiary/aromatic N) is 1. The van der Waals surface area contributed by atoms with Gasteiger partial charge in [-0.25, -0.2) is 4.39 Å². The van der Waals surface area contributed by atoms with Gasteiger partial charge in [0.1, 0.15) is 5.82 Å². The van der Waals surface area contributed by atoms with Gasteiger partial charge in [-0.2, -0.15) is 11.3 Å². The van der Waals surface area contributed by atoms with Crippen LogP contribution in [-0.2, 0) is 11.3 Å². The maximum absolute atomic E-state index is 13.0. The highest BCUT2D eigenvalue weighted by Gasteiger charge is 2.11. The van der Waals surface area contributed by atoms with E-state index in [4.69, 9.17) is 4.74 Å². The van der Waals surface area contributed by atoms with E-state index in [2.05, 4.69) is 27.1 Å². The fraction of sp³-hybridized carbons (Fsp3) is 0.312. The molecular formula is C16H21FIN3OS. The molecule has 0 saturated carbocycles. The summed E-state index contributed by atoms with van der Waals surface area (Å²) < 4.78 is 18.4. The Morgan fingerprint density at radius 3 is 2.57 bits per heavy atom. The van der Waals surface area contributed by atoms with Crippen LogP contribution in [0.5, 0.6) is 0 Å². The molecule has 1 unspecified atom stereocenters. The molecule has 0 aliphatic rings. The van der Waals surface area contributed by atoms with Crippen molar-refractivity contribution < 1.29 is 9.13 Å². The van der Waals surface area contributed by atoms with Gasteiger partial charge in [-0.1, -0.05) is 12.1 Å². The third-order valence-electron chi connectivity index (χ3n) is 3.24. The highest BCUT2D eigenvalue weighted by molar-refractivity contribution is 14.0. The van der Waals surface area contributed by atoms with Crippen LogP contribution in [-0.4, -0.2) is 26.7 Å². The van der Waals surface area contributed by atoms with Crippen LogP contribution in [0.3, 0.4) is 0 Å². The molecule has 0 fully saturated rings. The fourth-order valence-electron chi connectivity index (χ4n) is 2.00. The first kappa shape index (κ1) is 19.9. The highest BCUT2D eigenvalue weighted by atomic mass is 127. The van der Waals surface area contributed by atoms with Crippen molar-refractivity contribution in [2.75, 3.05) is 20.7 Å². The number of nitrogens with one attached hydrogen (secondary N) is 2. The van der Waals surface area contributed by atoms with E-state index in [1.54, 1.807) is 37.6 Å². The summed E-state index contributed by atoms with van der Waals surface area (Å²) in [7, 11) is 3.36. The Morgan fingerprint density at radius 2 is 2.00 bits per heavy atom. The standard InChI is InChI=1S/C16H20FN3OS.HI/c1-18-16(19-9-12-7-8-22-11-12)20-10-15(21-2)13-3-5-14(17)6-4-13;/h3-8,11,15H,9-10H2,1-2H3,(H2,18,19,20);1H. The second-order valence-corrected chi connectivity index (χ2v) is 5.49. The molecule has 1 heterocycles. The molecule has 1 aromatic carbocycles. The molecular weight excluding hydrogens is 428 g/mol. The quantitative estimate of drug-likeness (QED) is 0.403. The van der Waals surface area contributed by atoms with Crippen LogP contribution in [0.4, 0.5) is 4.39 Å². The zero-order valence-corrected chi connectivity index (χ0v) is 16.2. The molecule has 1 aromatic heterocycles. The molecule has 23 heavy (non-hydrogen) atoms. The first-order valence-electron chi connectivity index (χ1n) is 6.96. The number of halogens is 2. The van der Waals surface area contributed by atoms with Gasteiger partial charge < -0.3 is 15.4 Å². The molecule has 1 atom stereocenters. The zero-order valence-electron chi connectivity index (χ0n) is 13.1. The fourth-order valence-corrected chi connectivity index (χ4v) is 2.67. The van der Waals surface area contributed by atoms with Gasteiger partial charge in [0.05, 0.1) is 6.10 Å². The molecule has 126 valence electrons. The summed E-state index contributed by atoms with van der Waals surface area (Å²) in [6, 6.07) is 8.40. The summed E-state index contributed by atoms with van der Waals surface area (Å²) in [5, 5.41) is 10.6. The van der Waals surface area contributed by atoms with E-state index < -0.39 is 0 Å². The van der Waals surface area contributed by atoms with Gasteiger partial charge in [-0.3, -0.25) is 4.99 Å². The number of thiophene rings is 1. The van der Waals surface area contributed by atoms with Crippen LogP contribution in [0.2, 0.25) is 0 Å². The predicted molar refractivity (Wildman–Crippen MR) is 104 cm³/mol. The van der Waals surface area contributed by atoms with Crippen molar-refractivity contribution in [2.24, 2.45) is 4.99 Å². The van der Waals surface area contributed by atoms with Crippen molar-refractivity contribution in [1.82, 2.24) is 10.6 Å². The van der Waals surface area contributed by atoms with Gasteiger partial charge in [0.2, 0.25) is 0 Å². The van der Waals surface area contributed by atoms with Crippen LogP contribution < -0.4 is 10.6 Å². The van der Waals surface area contributed by atoms with Gasteiger partial charge >= 0.3 is 0 Å². The van der Waals surface area contributed by atoms with Gasteiger partial charge in [-0.05, 0) is 40.1 Å². The Bertz CT molecular complexity index is 590. The normalized spacial score (nSPS) is 12.4. The molecule has 2 N–H and O–H groups in total. The SMILES string of the molecule is CN=C(NCc1ccsc1)NCC(OC)c1ccc(F)cc1.I. The molecule has 7 heteroatoms. The summed E-state index contributed by atoms with van der Waals surface area (Å²) >= 11 is 1.67. The summed E-state index contributed by atoms with van der Waals surface area (Å²) in [5.41, 5.74) is 2.14. The van der Waals surface area contributed by atoms with Crippen molar-refractivity contribution in [2.45, 2.75) is 12.6 Å². The minimum absolute atomic E-state index is 0. The molecule has 0 spiro atoms. The lowest BCUT2D eigenvalue weighted by molar-refractivity contribution is 0.106. The lowest BCUT2D eigenvalue weighted by Crippen LogP contribution is -2.39. The Labute approximate surface area is 157 Å². The van der Waals surface area contributed by atoms with Crippen molar-refractivity contribution in [3.63, 3.8) is 0 Å². The number of guanidine groups is 1. The van der Waals surface area contributed by atoms with E-state index in [-0.39, 0.29) is 35.9 Å².